The topological polar surface area (TPSA) is 32.3 Å². The molecule has 1 saturated heterocycles. The molecule has 5 heteroatoms. The third kappa shape index (κ3) is 4.05. The van der Waals surface area contributed by atoms with Crippen molar-refractivity contribution in [1.82, 2.24) is 4.90 Å². The molecule has 2 aliphatic rings. The highest BCUT2D eigenvalue weighted by molar-refractivity contribution is 6.31. The van der Waals surface area contributed by atoms with Crippen molar-refractivity contribution in [2.24, 2.45) is 5.92 Å². The summed E-state index contributed by atoms with van der Waals surface area (Å²) in [5.41, 5.74) is 2.47. The van der Waals surface area contributed by atoms with E-state index < -0.39 is 5.41 Å². The molecule has 0 spiro atoms. The van der Waals surface area contributed by atoms with Crippen molar-refractivity contribution in [3.63, 3.8) is 0 Å². The van der Waals surface area contributed by atoms with Crippen LogP contribution in [0.25, 0.3) is 0 Å². The number of piperidine rings is 1. The average molecular weight is 431 g/mol. The second-order valence-corrected chi connectivity index (χ2v) is 9.26. The first-order chi connectivity index (χ1) is 14.0. The van der Waals surface area contributed by atoms with Crippen molar-refractivity contribution in [3.05, 3.63) is 63.6 Å². The molecule has 4 rings (SSSR count). The van der Waals surface area contributed by atoms with Gasteiger partial charge in [0.05, 0.1) is 5.41 Å². The molecular formula is C24H28Cl2N2O. The number of likely N-dealkylation sites (tertiary alicyclic amines) is 1. The average Bonchev–Trinajstić information content (AvgIpc) is 2.98. The van der Waals surface area contributed by atoms with Crippen molar-refractivity contribution >= 4 is 34.8 Å². The number of unbranched alkanes of at least 4 members (excludes halogenated alkanes) is 1. The molecule has 1 N–H and O–H groups in total. The molecule has 0 radical (unpaired) electrons. The number of benzene rings is 2. The molecule has 29 heavy (non-hydrogen) atoms. The predicted octanol–water partition coefficient (Wildman–Crippen LogP) is 5.94. The number of anilines is 1. The molecule has 0 aliphatic carbocycles. The summed E-state index contributed by atoms with van der Waals surface area (Å²) in [6.07, 6.45) is 5.17. The van der Waals surface area contributed by atoms with Gasteiger partial charge in [-0.3, -0.25) is 4.79 Å². The van der Waals surface area contributed by atoms with E-state index >= 15 is 0 Å². The Morgan fingerprint density at radius 2 is 1.86 bits per heavy atom. The summed E-state index contributed by atoms with van der Waals surface area (Å²) in [5.74, 6) is 0.392. The minimum absolute atomic E-state index is 0.0988. The van der Waals surface area contributed by atoms with Crippen LogP contribution in [-0.2, 0) is 16.6 Å². The molecule has 154 valence electrons. The number of amides is 1. The van der Waals surface area contributed by atoms with Gasteiger partial charge in [-0.05, 0) is 86.6 Å². The zero-order chi connectivity index (χ0) is 20.4. The number of nitrogens with one attached hydrogen (secondary N) is 1. The van der Waals surface area contributed by atoms with E-state index in [1.54, 1.807) is 0 Å². The molecule has 0 bridgehead atoms. The van der Waals surface area contributed by atoms with E-state index in [4.69, 9.17) is 23.2 Å². The minimum atomic E-state index is -0.568. The van der Waals surface area contributed by atoms with Crippen molar-refractivity contribution in [2.75, 3.05) is 25.0 Å². The van der Waals surface area contributed by atoms with E-state index in [2.05, 4.69) is 23.2 Å². The Hall–Kier alpha value is -1.55. The van der Waals surface area contributed by atoms with E-state index in [-0.39, 0.29) is 5.91 Å². The summed E-state index contributed by atoms with van der Waals surface area (Å²) in [7, 11) is 0. The number of rotatable bonds is 6. The Morgan fingerprint density at radius 3 is 2.59 bits per heavy atom. The van der Waals surface area contributed by atoms with Crippen LogP contribution in [0, 0.1) is 5.92 Å². The van der Waals surface area contributed by atoms with Crippen molar-refractivity contribution in [1.29, 1.82) is 0 Å². The lowest BCUT2D eigenvalue weighted by molar-refractivity contribution is -0.123. The number of halogens is 2. The van der Waals surface area contributed by atoms with Gasteiger partial charge in [-0.15, -0.1) is 0 Å². The van der Waals surface area contributed by atoms with Gasteiger partial charge in [-0.25, -0.2) is 0 Å². The van der Waals surface area contributed by atoms with Gasteiger partial charge in [0.25, 0.3) is 0 Å². The summed E-state index contributed by atoms with van der Waals surface area (Å²) in [6, 6.07) is 13.7. The van der Waals surface area contributed by atoms with E-state index in [0.717, 1.165) is 49.3 Å². The molecule has 2 aromatic carbocycles. The normalized spacial score (nSPS) is 22.5. The summed E-state index contributed by atoms with van der Waals surface area (Å²) >= 11 is 12.5. The van der Waals surface area contributed by atoms with Crippen LogP contribution in [0.2, 0.25) is 10.0 Å². The van der Waals surface area contributed by atoms with Gasteiger partial charge >= 0.3 is 0 Å². The third-order valence-electron chi connectivity index (χ3n) is 6.60. The van der Waals surface area contributed by atoms with E-state index in [0.29, 0.717) is 22.4 Å². The molecule has 2 heterocycles. The van der Waals surface area contributed by atoms with Gasteiger partial charge in [0, 0.05) is 15.7 Å². The van der Waals surface area contributed by atoms with Crippen molar-refractivity contribution in [3.8, 4) is 0 Å². The molecule has 1 fully saturated rings. The van der Waals surface area contributed by atoms with Crippen molar-refractivity contribution in [2.45, 2.75) is 44.4 Å². The maximum atomic E-state index is 13.5. The van der Waals surface area contributed by atoms with Gasteiger partial charge in [-0.1, -0.05) is 54.7 Å². The quantitative estimate of drug-likeness (QED) is 0.614. The van der Waals surface area contributed by atoms with Crippen LogP contribution < -0.4 is 5.32 Å². The SMILES string of the molecule is CCCCN1CCC(C2(Cc3cccc(Cl)c3)C(=O)Nc3cc(Cl)ccc32)CC1. The van der Waals surface area contributed by atoms with Crippen LogP contribution in [0.1, 0.15) is 43.7 Å². The number of nitrogens with zero attached hydrogens (tertiary/aromatic N) is 1. The lowest BCUT2D eigenvalue weighted by atomic mass is 9.64. The van der Waals surface area contributed by atoms with Gasteiger partial charge in [0.2, 0.25) is 5.91 Å². The Morgan fingerprint density at radius 1 is 1.10 bits per heavy atom. The van der Waals surface area contributed by atoms with Crippen LogP contribution in [0.15, 0.2) is 42.5 Å². The van der Waals surface area contributed by atoms with Crippen LogP contribution in [0.3, 0.4) is 0 Å². The standard InChI is InChI=1S/C24H28Cl2N2O/c1-2-3-11-28-12-9-18(10-13-28)24(16-17-5-4-6-19(25)14-17)21-8-7-20(26)15-22(21)27-23(24)29/h4-8,14-15,18H,2-3,9-13,16H2,1H3,(H,27,29). The number of hydrogen-bond acceptors (Lipinski definition) is 2. The third-order valence-corrected chi connectivity index (χ3v) is 7.07. The van der Waals surface area contributed by atoms with Crippen LogP contribution in [0.5, 0.6) is 0 Å². The summed E-state index contributed by atoms with van der Waals surface area (Å²) < 4.78 is 0. The Balaban J connectivity index is 1.69. The van der Waals surface area contributed by atoms with Gasteiger partial charge in [-0.2, -0.15) is 0 Å². The summed E-state index contributed by atoms with van der Waals surface area (Å²) in [4.78, 5) is 16.1. The highest BCUT2D eigenvalue weighted by Crippen LogP contribution is 2.49. The largest absolute Gasteiger partial charge is 0.325 e. The highest BCUT2D eigenvalue weighted by Gasteiger charge is 2.52. The fraction of sp³-hybridized carbons (Fsp3) is 0.458. The van der Waals surface area contributed by atoms with E-state index in [9.17, 15) is 4.79 Å². The molecule has 0 aromatic heterocycles. The number of carbonyl (C=O) groups is 1. The second kappa shape index (κ2) is 8.67. The number of fused-ring (bicyclic) bond motifs is 1. The minimum Gasteiger partial charge on any atom is -0.325 e. The zero-order valence-electron chi connectivity index (χ0n) is 16.9. The zero-order valence-corrected chi connectivity index (χ0v) is 18.4. The maximum Gasteiger partial charge on any atom is 0.235 e. The smallest absolute Gasteiger partial charge is 0.235 e. The van der Waals surface area contributed by atoms with Gasteiger partial charge in [0.1, 0.15) is 0 Å². The first-order valence-corrected chi connectivity index (χ1v) is 11.4. The Kier molecular flexibility index (Phi) is 6.19. The molecule has 0 saturated carbocycles. The maximum absolute atomic E-state index is 13.5. The summed E-state index contributed by atoms with van der Waals surface area (Å²) in [5, 5.41) is 4.50. The number of hydrogen-bond donors (Lipinski definition) is 1. The molecule has 3 nitrogen and oxygen atoms in total. The predicted molar refractivity (Wildman–Crippen MR) is 121 cm³/mol. The van der Waals surface area contributed by atoms with Gasteiger partial charge < -0.3 is 10.2 Å². The van der Waals surface area contributed by atoms with E-state index in [1.807, 2.05) is 36.4 Å². The van der Waals surface area contributed by atoms with Crippen LogP contribution in [-0.4, -0.2) is 30.4 Å². The molecule has 2 aliphatic heterocycles. The fourth-order valence-corrected chi connectivity index (χ4v) is 5.48. The van der Waals surface area contributed by atoms with Crippen molar-refractivity contribution < 1.29 is 4.79 Å². The highest BCUT2D eigenvalue weighted by atomic mass is 35.5. The monoisotopic (exact) mass is 430 g/mol. The van der Waals surface area contributed by atoms with E-state index in [1.165, 1.54) is 12.8 Å². The molecule has 1 unspecified atom stereocenters. The second-order valence-electron chi connectivity index (χ2n) is 8.39. The number of carbonyl (C=O) groups excluding carboxylic acids is 1. The van der Waals surface area contributed by atoms with Crippen LogP contribution in [0.4, 0.5) is 5.69 Å². The molecule has 1 amide bonds. The molecule has 1 atom stereocenters. The summed E-state index contributed by atoms with van der Waals surface area (Å²) in [6.45, 7) is 5.50. The van der Waals surface area contributed by atoms with Gasteiger partial charge in [0.15, 0.2) is 0 Å². The Bertz CT molecular complexity index is 892. The first kappa shape index (κ1) is 20.7. The fourth-order valence-electron chi connectivity index (χ4n) is 5.09. The molecule has 2 aromatic rings. The molecular weight excluding hydrogens is 403 g/mol. The lowest BCUT2D eigenvalue weighted by Gasteiger charge is -2.42. The lowest BCUT2D eigenvalue weighted by Crippen LogP contribution is -2.48. The first-order valence-electron chi connectivity index (χ1n) is 10.6. The van der Waals surface area contributed by atoms with Crippen LogP contribution >= 0.6 is 23.2 Å². The Labute approximate surface area is 183 Å².